The Bertz CT molecular complexity index is 414. The second-order valence-electron chi connectivity index (χ2n) is 5.18. The number of hydrogen-bond acceptors (Lipinski definition) is 3. The molecule has 1 aromatic carbocycles. The molecule has 0 aliphatic heterocycles. The molecule has 1 amide bonds. The van der Waals surface area contributed by atoms with Gasteiger partial charge >= 0.3 is 0 Å². The van der Waals surface area contributed by atoms with Crippen LogP contribution in [0.4, 0.5) is 5.69 Å². The van der Waals surface area contributed by atoms with E-state index in [1.807, 2.05) is 24.1 Å². The van der Waals surface area contributed by atoms with Gasteiger partial charge in [0.15, 0.2) is 0 Å². The molecule has 0 spiro atoms. The maximum absolute atomic E-state index is 11.7. The summed E-state index contributed by atoms with van der Waals surface area (Å²) in [6.07, 6.45) is 0. The van der Waals surface area contributed by atoms with E-state index in [0.29, 0.717) is 36.3 Å². The number of amides is 1. The van der Waals surface area contributed by atoms with E-state index in [4.69, 9.17) is 17.3 Å². The molecule has 1 rings (SSSR count). The van der Waals surface area contributed by atoms with Crippen molar-refractivity contribution < 1.29 is 4.79 Å². The minimum absolute atomic E-state index is 0.0156. The largest absolute Gasteiger partial charge is 0.398 e. The van der Waals surface area contributed by atoms with Crippen molar-refractivity contribution >= 4 is 23.2 Å². The van der Waals surface area contributed by atoms with Crippen molar-refractivity contribution in [1.82, 2.24) is 10.2 Å². The highest BCUT2D eigenvalue weighted by molar-refractivity contribution is 6.31. The van der Waals surface area contributed by atoms with Gasteiger partial charge in [0.25, 0.3) is 0 Å². The fourth-order valence-electron chi connectivity index (χ4n) is 1.69. The normalized spacial score (nSPS) is 11.1. The first kappa shape index (κ1) is 15.8. The third-order valence-electron chi connectivity index (χ3n) is 2.70. The molecular formula is C14H22ClN3O. The van der Waals surface area contributed by atoms with Crippen molar-refractivity contribution in [2.75, 3.05) is 25.9 Å². The zero-order valence-corrected chi connectivity index (χ0v) is 12.5. The highest BCUT2D eigenvalue weighted by atomic mass is 35.5. The van der Waals surface area contributed by atoms with Crippen molar-refractivity contribution in [2.24, 2.45) is 5.92 Å². The number of nitrogens with one attached hydrogen (secondary N) is 1. The third kappa shape index (κ3) is 5.49. The fourth-order valence-corrected chi connectivity index (χ4v) is 1.93. The molecule has 19 heavy (non-hydrogen) atoms. The maximum atomic E-state index is 11.7. The first-order valence-corrected chi connectivity index (χ1v) is 6.76. The lowest BCUT2D eigenvalue weighted by Gasteiger charge is -2.18. The molecular weight excluding hydrogens is 262 g/mol. The third-order valence-corrected chi connectivity index (χ3v) is 3.06. The quantitative estimate of drug-likeness (QED) is 0.787. The van der Waals surface area contributed by atoms with Crippen molar-refractivity contribution in [3.8, 4) is 0 Å². The number of nitrogen functional groups attached to an aromatic ring is 1. The van der Waals surface area contributed by atoms with Crippen molar-refractivity contribution in [3.63, 3.8) is 0 Å². The molecule has 0 fully saturated rings. The average molecular weight is 284 g/mol. The van der Waals surface area contributed by atoms with Crippen LogP contribution in [0.15, 0.2) is 18.2 Å². The van der Waals surface area contributed by atoms with E-state index in [1.54, 1.807) is 6.07 Å². The number of rotatable bonds is 6. The maximum Gasteiger partial charge on any atom is 0.234 e. The van der Waals surface area contributed by atoms with E-state index in [9.17, 15) is 4.79 Å². The predicted molar refractivity (Wildman–Crippen MR) is 80.0 cm³/mol. The summed E-state index contributed by atoms with van der Waals surface area (Å²) in [6, 6.07) is 5.43. The standard InChI is InChI=1S/C14H22ClN3O/c1-10(2)7-17-14(19)9-18(3)8-11-12(15)5-4-6-13(11)16/h4-6,10H,7-9,16H2,1-3H3,(H,17,19). The summed E-state index contributed by atoms with van der Waals surface area (Å²) in [7, 11) is 1.87. The van der Waals surface area contributed by atoms with Crippen LogP contribution >= 0.6 is 11.6 Å². The summed E-state index contributed by atoms with van der Waals surface area (Å²) in [6.45, 7) is 5.71. The van der Waals surface area contributed by atoms with Crippen LogP contribution in [0.25, 0.3) is 0 Å². The number of benzene rings is 1. The minimum atomic E-state index is 0.0156. The van der Waals surface area contributed by atoms with Gasteiger partial charge in [-0.1, -0.05) is 31.5 Å². The van der Waals surface area contributed by atoms with Gasteiger partial charge in [-0.25, -0.2) is 0 Å². The van der Waals surface area contributed by atoms with E-state index in [1.165, 1.54) is 0 Å². The molecule has 0 bridgehead atoms. The number of nitrogens with zero attached hydrogens (tertiary/aromatic N) is 1. The Kier molecular flexibility index (Phi) is 6.12. The molecule has 5 heteroatoms. The van der Waals surface area contributed by atoms with Crippen molar-refractivity contribution in [3.05, 3.63) is 28.8 Å². The molecule has 3 N–H and O–H groups in total. The van der Waals surface area contributed by atoms with Gasteiger partial charge in [0.05, 0.1) is 6.54 Å². The molecule has 0 aliphatic rings. The van der Waals surface area contributed by atoms with Gasteiger partial charge in [-0.3, -0.25) is 9.69 Å². The van der Waals surface area contributed by atoms with E-state index in [0.717, 1.165) is 5.56 Å². The molecule has 106 valence electrons. The molecule has 1 aromatic rings. The second-order valence-corrected chi connectivity index (χ2v) is 5.59. The van der Waals surface area contributed by atoms with E-state index >= 15 is 0 Å². The monoisotopic (exact) mass is 283 g/mol. The number of carbonyl (C=O) groups excluding carboxylic acids is 1. The van der Waals surface area contributed by atoms with Gasteiger partial charge in [0, 0.05) is 29.4 Å². The summed E-state index contributed by atoms with van der Waals surface area (Å²) < 4.78 is 0. The Morgan fingerprint density at radius 1 is 1.47 bits per heavy atom. The van der Waals surface area contributed by atoms with Gasteiger partial charge in [0.1, 0.15) is 0 Å². The highest BCUT2D eigenvalue weighted by Crippen LogP contribution is 2.22. The Balaban J connectivity index is 2.51. The van der Waals surface area contributed by atoms with Crippen LogP contribution in [0.5, 0.6) is 0 Å². The van der Waals surface area contributed by atoms with Gasteiger partial charge in [-0.15, -0.1) is 0 Å². The number of nitrogens with two attached hydrogens (primary N) is 1. The van der Waals surface area contributed by atoms with Crippen LogP contribution in [0, 0.1) is 5.92 Å². The van der Waals surface area contributed by atoms with Gasteiger partial charge < -0.3 is 11.1 Å². The summed E-state index contributed by atoms with van der Waals surface area (Å²) in [4.78, 5) is 13.6. The van der Waals surface area contributed by atoms with Crippen LogP contribution < -0.4 is 11.1 Å². The number of anilines is 1. The SMILES string of the molecule is CC(C)CNC(=O)CN(C)Cc1c(N)cccc1Cl. The van der Waals surface area contributed by atoms with Crippen molar-refractivity contribution in [1.29, 1.82) is 0 Å². The average Bonchev–Trinajstić information content (AvgIpc) is 2.31. The molecule has 0 aromatic heterocycles. The van der Waals surface area contributed by atoms with Crippen molar-refractivity contribution in [2.45, 2.75) is 20.4 Å². The molecule has 0 heterocycles. The Labute approximate surface area is 119 Å². The number of halogens is 1. The molecule has 0 unspecified atom stereocenters. The Hall–Kier alpha value is -1.26. The number of carbonyl (C=O) groups is 1. The second kappa shape index (κ2) is 7.36. The lowest BCUT2D eigenvalue weighted by atomic mass is 10.1. The minimum Gasteiger partial charge on any atom is -0.398 e. The molecule has 0 saturated carbocycles. The smallest absolute Gasteiger partial charge is 0.234 e. The van der Waals surface area contributed by atoms with Crippen LogP contribution in [-0.2, 0) is 11.3 Å². The lowest BCUT2D eigenvalue weighted by Crippen LogP contribution is -2.36. The summed E-state index contributed by atoms with van der Waals surface area (Å²) >= 11 is 6.11. The molecule has 4 nitrogen and oxygen atoms in total. The number of likely N-dealkylation sites (N-methyl/N-ethyl adjacent to an activating group) is 1. The van der Waals surface area contributed by atoms with Gasteiger partial charge in [-0.2, -0.15) is 0 Å². The summed E-state index contributed by atoms with van der Waals surface area (Å²) in [5, 5.41) is 3.52. The predicted octanol–water partition coefficient (Wildman–Crippen LogP) is 2.13. The summed E-state index contributed by atoms with van der Waals surface area (Å²) in [5.74, 6) is 0.468. The Morgan fingerprint density at radius 3 is 2.74 bits per heavy atom. The van der Waals surface area contributed by atoms with Gasteiger partial charge in [-0.05, 0) is 25.1 Å². The van der Waals surface area contributed by atoms with Crippen LogP contribution in [0.1, 0.15) is 19.4 Å². The molecule has 0 saturated heterocycles. The molecule has 0 atom stereocenters. The Morgan fingerprint density at radius 2 is 2.16 bits per heavy atom. The van der Waals surface area contributed by atoms with E-state index < -0.39 is 0 Å². The van der Waals surface area contributed by atoms with E-state index in [2.05, 4.69) is 19.2 Å². The summed E-state index contributed by atoms with van der Waals surface area (Å²) in [5.41, 5.74) is 7.41. The lowest BCUT2D eigenvalue weighted by molar-refractivity contribution is -0.122. The van der Waals surface area contributed by atoms with Crippen LogP contribution in [-0.4, -0.2) is 30.9 Å². The van der Waals surface area contributed by atoms with Gasteiger partial charge in [0.2, 0.25) is 5.91 Å². The molecule has 0 aliphatic carbocycles. The highest BCUT2D eigenvalue weighted by Gasteiger charge is 2.11. The topological polar surface area (TPSA) is 58.4 Å². The first-order chi connectivity index (χ1) is 8.90. The van der Waals surface area contributed by atoms with Crippen LogP contribution in [0.3, 0.4) is 0 Å². The van der Waals surface area contributed by atoms with E-state index in [-0.39, 0.29) is 5.91 Å². The molecule has 0 radical (unpaired) electrons. The van der Waals surface area contributed by atoms with Crippen LogP contribution in [0.2, 0.25) is 5.02 Å². The fraction of sp³-hybridized carbons (Fsp3) is 0.500. The zero-order valence-electron chi connectivity index (χ0n) is 11.7. The number of hydrogen-bond donors (Lipinski definition) is 2. The zero-order chi connectivity index (χ0) is 14.4. The first-order valence-electron chi connectivity index (χ1n) is 6.38.